The van der Waals surface area contributed by atoms with Crippen LogP contribution in [-0.2, 0) is 0 Å². The van der Waals surface area contributed by atoms with Crippen molar-refractivity contribution in [3.63, 3.8) is 0 Å². The van der Waals surface area contributed by atoms with Crippen molar-refractivity contribution in [3.8, 4) is 5.88 Å². The molecule has 1 fully saturated rings. The number of rotatable bonds is 4. The zero-order chi connectivity index (χ0) is 11.4. The molecule has 1 aromatic heterocycles. The summed E-state index contributed by atoms with van der Waals surface area (Å²) in [5, 5.41) is 0. The molecule has 0 spiro atoms. The lowest BCUT2D eigenvalue weighted by Crippen LogP contribution is -2.25. The van der Waals surface area contributed by atoms with E-state index < -0.39 is 0 Å². The van der Waals surface area contributed by atoms with Gasteiger partial charge in [-0.2, -0.15) is 0 Å². The second kappa shape index (κ2) is 5.12. The molecule has 2 N–H and O–H groups in total. The second-order valence-electron chi connectivity index (χ2n) is 4.09. The number of hydrogen-bond acceptors (Lipinski definition) is 5. The fraction of sp³-hybridized carbons (Fsp3) is 0.636. The molecule has 5 heteroatoms. The first-order valence-electron chi connectivity index (χ1n) is 5.69. The van der Waals surface area contributed by atoms with Gasteiger partial charge in [-0.05, 0) is 32.9 Å². The normalized spacial score (nSPS) is 16.6. The first-order chi connectivity index (χ1) is 7.77. The molecular weight excluding hydrogens is 204 g/mol. The van der Waals surface area contributed by atoms with Crippen LogP contribution in [0.15, 0.2) is 6.33 Å². The van der Waals surface area contributed by atoms with Gasteiger partial charge in [-0.3, -0.25) is 4.90 Å². The van der Waals surface area contributed by atoms with Crippen molar-refractivity contribution in [2.75, 3.05) is 32.0 Å². The Morgan fingerprint density at radius 3 is 2.88 bits per heavy atom. The van der Waals surface area contributed by atoms with E-state index >= 15 is 0 Å². The SMILES string of the molecule is Cc1c(N)ncnc1OCCN1CCCC1. The van der Waals surface area contributed by atoms with Crippen molar-refractivity contribution in [1.29, 1.82) is 0 Å². The topological polar surface area (TPSA) is 64.3 Å². The summed E-state index contributed by atoms with van der Waals surface area (Å²) < 4.78 is 5.61. The van der Waals surface area contributed by atoms with Gasteiger partial charge in [0.05, 0.1) is 5.56 Å². The molecule has 0 unspecified atom stereocenters. The van der Waals surface area contributed by atoms with Crippen LogP contribution in [0.1, 0.15) is 18.4 Å². The largest absolute Gasteiger partial charge is 0.476 e. The standard InChI is InChI=1S/C11H18N4O/c1-9-10(12)13-8-14-11(9)16-7-6-15-4-2-3-5-15/h8H,2-7H2,1H3,(H2,12,13,14). The van der Waals surface area contributed by atoms with Gasteiger partial charge in [0, 0.05) is 6.54 Å². The molecule has 2 rings (SSSR count). The van der Waals surface area contributed by atoms with Gasteiger partial charge in [-0.15, -0.1) is 0 Å². The fourth-order valence-corrected chi connectivity index (χ4v) is 1.87. The number of nitrogens with zero attached hydrogens (tertiary/aromatic N) is 3. The monoisotopic (exact) mass is 222 g/mol. The number of nitrogen functional groups attached to an aromatic ring is 1. The molecule has 0 bridgehead atoms. The second-order valence-corrected chi connectivity index (χ2v) is 4.09. The number of anilines is 1. The van der Waals surface area contributed by atoms with Gasteiger partial charge in [-0.1, -0.05) is 0 Å². The first-order valence-corrected chi connectivity index (χ1v) is 5.69. The van der Waals surface area contributed by atoms with E-state index in [9.17, 15) is 0 Å². The lowest BCUT2D eigenvalue weighted by atomic mass is 10.3. The molecule has 1 aromatic rings. The van der Waals surface area contributed by atoms with Crippen molar-refractivity contribution in [3.05, 3.63) is 11.9 Å². The Bertz CT molecular complexity index is 350. The third-order valence-electron chi connectivity index (χ3n) is 2.92. The van der Waals surface area contributed by atoms with Crippen LogP contribution in [-0.4, -0.2) is 41.1 Å². The molecule has 16 heavy (non-hydrogen) atoms. The predicted octanol–water partition coefficient (Wildman–Crippen LogP) is 0.842. The highest BCUT2D eigenvalue weighted by Crippen LogP contribution is 2.17. The molecule has 1 saturated heterocycles. The summed E-state index contributed by atoms with van der Waals surface area (Å²) in [5.41, 5.74) is 6.50. The van der Waals surface area contributed by atoms with Crippen molar-refractivity contribution >= 4 is 5.82 Å². The predicted molar refractivity (Wildman–Crippen MR) is 62.4 cm³/mol. The van der Waals surface area contributed by atoms with E-state index in [1.807, 2.05) is 6.92 Å². The smallest absolute Gasteiger partial charge is 0.221 e. The summed E-state index contributed by atoms with van der Waals surface area (Å²) >= 11 is 0. The Morgan fingerprint density at radius 1 is 1.38 bits per heavy atom. The Kier molecular flexibility index (Phi) is 3.56. The minimum Gasteiger partial charge on any atom is -0.476 e. The highest BCUT2D eigenvalue weighted by atomic mass is 16.5. The Balaban J connectivity index is 1.82. The zero-order valence-corrected chi connectivity index (χ0v) is 9.65. The minimum atomic E-state index is 0.492. The van der Waals surface area contributed by atoms with Crippen molar-refractivity contribution in [1.82, 2.24) is 14.9 Å². The average molecular weight is 222 g/mol. The van der Waals surface area contributed by atoms with Crippen molar-refractivity contribution in [2.24, 2.45) is 0 Å². The maximum absolute atomic E-state index is 5.67. The van der Waals surface area contributed by atoms with Crippen LogP contribution in [0.4, 0.5) is 5.82 Å². The Labute approximate surface area is 95.6 Å². The molecular formula is C11H18N4O. The van der Waals surface area contributed by atoms with Gasteiger partial charge >= 0.3 is 0 Å². The van der Waals surface area contributed by atoms with Gasteiger partial charge in [0.2, 0.25) is 5.88 Å². The van der Waals surface area contributed by atoms with E-state index in [1.165, 1.54) is 32.3 Å². The van der Waals surface area contributed by atoms with Crippen LogP contribution < -0.4 is 10.5 Å². The first kappa shape index (κ1) is 11.1. The number of hydrogen-bond donors (Lipinski definition) is 1. The molecule has 0 saturated carbocycles. The summed E-state index contributed by atoms with van der Waals surface area (Å²) in [6.45, 7) is 5.88. The quantitative estimate of drug-likeness (QED) is 0.818. The third-order valence-corrected chi connectivity index (χ3v) is 2.92. The zero-order valence-electron chi connectivity index (χ0n) is 9.65. The summed E-state index contributed by atoms with van der Waals surface area (Å²) in [6.07, 6.45) is 4.05. The molecule has 0 aromatic carbocycles. The molecule has 88 valence electrons. The van der Waals surface area contributed by atoms with Crippen LogP contribution in [0.5, 0.6) is 5.88 Å². The van der Waals surface area contributed by atoms with Crippen molar-refractivity contribution < 1.29 is 4.74 Å². The Morgan fingerprint density at radius 2 is 2.12 bits per heavy atom. The maximum Gasteiger partial charge on any atom is 0.221 e. The number of nitrogens with two attached hydrogens (primary N) is 1. The number of likely N-dealkylation sites (tertiary alicyclic amines) is 1. The molecule has 5 nitrogen and oxygen atoms in total. The van der Waals surface area contributed by atoms with E-state index in [4.69, 9.17) is 10.5 Å². The molecule has 0 atom stereocenters. The lowest BCUT2D eigenvalue weighted by molar-refractivity contribution is 0.230. The summed E-state index contributed by atoms with van der Waals surface area (Å²) in [6, 6.07) is 0. The highest BCUT2D eigenvalue weighted by Gasteiger charge is 2.11. The van der Waals surface area contributed by atoms with Gasteiger partial charge in [0.25, 0.3) is 0 Å². The van der Waals surface area contributed by atoms with E-state index in [2.05, 4.69) is 14.9 Å². The van der Waals surface area contributed by atoms with Gasteiger partial charge in [0.1, 0.15) is 18.8 Å². The Hall–Kier alpha value is -1.36. The van der Waals surface area contributed by atoms with Gasteiger partial charge in [-0.25, -0.2) is 9.97 Å². The number of ether oxygens (including phenoxy) is 1. The molecule has 1 aliphatic rings. The van der Waals surface area contributed by atoms with Crippen molar-refractivity contribution in [2.45, 2.75) is 19.8 Å². The summed E-state index contributed by atoms with van der Waals surface area (Å²) in [7, 11) is 0. The molecule has 1 aliphatic heterocycles. The molecule has 0 radical (unpaired) electrons. The van der Waals surface area contributed by atoms with Crippen LogP contribution in [0.25, 0.3) is 0 Å². The maximum atomic E-state index is 5.67. The van der Waals surface area contributed by atoms with Crippen LogP contribution in [0.3, 0.4) is 0 Å². The third kappa shape index (κ3) is 2.61. The fourth-order valence-electron chi connectivity index (χ4n) is 1.87. The summed E-state index contributed by atoms with van der Waals surface area (Å²) in [5.74, 6) is 1.10. The molecule has 0 amide bonds. The van der Waals surface area contributed by atoms with E-state index in [-0.39, 0.29) is 0 Å². The van der Waals surface area contributed by atoms with E-state index in [0.29, 0.717) is 18.3 Å². The van der Waals surface area contributed by atoms with E-state index in [1.54, 1.807) is 0 Å². The van der Waals surface area contributed by atoms with Gasteiger partial charge < -0.3 is 10.5 Å². The summed E-state index contributed by atoms with van der Waals surface area (Å²) in [4.78, 5) is 10.4. The minimum absolute atomic E-state index is 0.492. The van der Waals surface area contributed by atoms with E-state index in [0.717, 1.165) is 12.1 Å². The molecule has 2 heterocycles. The van der Waals surface area contributed by atoms with Crippen LogP contribution in [0.2, 0.25) is 0 Å². The molecule has 0 aliphatic carbocycles. The average Bonchev–Trinajstić information content (AvgIpc) is 2.77. The lowest BCUT2D eigenvalue weighted by Gasteiger charge is -2.15. The number of aromatic nitrogens is 2. The van der Waals surface area contributed by atoms with Gasteiger partial charge in [0.15, 0.2) is 0 Å². The van der Waals surface area contributed by atoms with Crippen LogP contribution in [0, 0.1) is 6.92 Å². The van der Waals surface area contributed by atoms with Crippen LogP contribution >= 0.6 is 0 Å². The highest BCUT2D eigenvalue weighted by molar-refractivity contribution is 5.42.